The van der Waals surface area contributed by atoms with E-state index in [1.165, 1.54) is 0 Å². The molecule has 0 saturated carbocycles. The first-order valence-electron chi connectivity index (χ1n) is 7.17. The highest BCUT2D eigenvalue weighted by Crippen LogP contribution is 2.26. The SMILES string of the molecule is CC(NC(=O)c1cc2c(Cl)cccc2n1C)c1ccccc1. The number of benzene rings is 2. The Morgan fingerprint density at radius 3 is 2.55 bits per heavy atom. The van der Waals surface area contributed by atoms with Crippen molar-refractivity contribution in [1.29, 1.82) is 0 Å². The third-order valence-corrected chi connectivity index (χ3v) is 4.24. The van der Waals surface area contributed by atoms with Gasteiger partial charge in [-0.3, -0.25) is 4.79 Å². The molecule has 3 nitrogen and oxygen atoms in total. The van der Waals surface area contributed by atoms with Crippen molar-refractivity contribution in [3.63, 3.8) is 0 Å². The number of amides is 1. The zero-order valence-corrected chi connectivity index (χ0v) is 13.3. The second kappa shape index (κ2) is 5.85. The number of aromatic nitrogens is 1. The quantitative estimate of drug-likeness (QED) is 0.767. The first-order chi connectivity index (χ1) is 10.6. The Kier molecular flexibility index (Phi) is 3.90. The summed E-state index contributed by atoms with van der Waals surface area (Å²) < 4.78 is 1.87. The Bertz CT molecular complexity index is 824. The Hall–Kier alpha value is -2.26. The minimum absolute atomic E-state index is 0.0535. The zero-order valence-electron chi connectivity index (χ0n) is 12.5. The van der Waals surface area contributed by atoms with Crippen LogP contribution in [0.1, 0.15) is 29.0 Å². The van der Waals surface area contributed by atoms with Crippen molar-refractivity contribution >= 4 is 28.4 Å². The van der Waals surface area contributed by atoms with Gasteiger partial charge in [-0.05, 0) is 30.7 Å². The lowest BCUT2D eigenvalue weighted by Gasteiger charge is -2.14. The molecule has 3 rings (SSSR count). The van der Waals surface area contributed by atoms with Gasteiger partial charge in [0.05, 0.1) is 6.04 Å². The standard InChI is InChI=1S/C18H17ClN2O/c1-12(13-7-4-3-5-8-13)20-18(22)17-11-14-15(19)9-6-10-16(14)21(17)2/h3-12H,1-2H3,(H,20,22). The number of nitrogens with zero attached hydrogens (tertiary/aromatic N) is 1. The lowest BCUT2D eigenvalue weighted by Crippen LogP contribution is -2.28. The van der Waals surface area contributed by atoms with Crippen molar-refractivity contribution in [2.75, 3.05) is 0 Å². The van der Waals surface area contributed by atoms with Crippen LogP contribution < -0.4 is 5.32 Å². The molecule has 0 saturated heterocycles. The molecule has 1 N–H and O–H groups in total. The second-order valence-corrected chi connectivity index (χ2v) is 5.77. The minimum atomic E-state index is -0.105. The smallest absolute Gasteiger partial charge is 0.268 e. The molecule has 0 radical (unpaired) electrons. The van der Waals surface area contributed by atoms with Crippen LogP contribution in [-0.2, 0) is 7.05 Å². The van der Waals surface area contributed by atoms with E-state index in [-0.39, 0.29) is 11.9 Å². The van der Waals surface area contributed by atoms with Crippen LogP contribution in [0.4, 0.5) is 0 Å². The van der Waals surface area contributed by atoms with Gasteiger partial charge in [0, 0.05) is 23.0 Å². The van der Waals surface area contributed by atoms with Crippen LogP contribution in [0.5, 0.6) is 0 Å². The van der Waals surface area contributed by atoms with Crippen LogP contribution in [0.3, 0.4) is 0 Å². The van der Waals surface area contributed by atoms with Crippen molar-refractivity contribution in [3.8, 4) is 0 Å². The molecule has 1 aromatic heterocycles. The fourth-order valence-electron chi connectivity index (χ4n) is 2.64. The fourth-order valence-corrected chi connectivity index (χ4v) is 2.86. The molecule has 0 aliphatic carbocycles. The number of hydrogen-bond acceptors (Lipinski definition) is 1. The summed E-state index contributed by atoms with van der Waals surface area (Å²) in [5, 5.41) is 4.58. The van der Waals surface area contributed by atoms with E-state index in [2.05, 4.69) is 5.32 Å². The maximum absolute atomic E-state index is 12.6. The molecule has 0 fully saturated rings. The van der Waals surface area contributed by atoms with Gasteiger partial charge in [-0.2, -0.15) is 0 Å². The Balaban J connectivity index is 1.90. The Morgan fingerprint density at radius 1 is 1.14 bits per heavy atom. The van der Waals surface area contributed by atoms with Crippen molar-refractivity contribution < 1.29 is 4.79 Å². The van der Waals surface area contributed by atoms with Gasteiger partial charge in [0.2, 0.25) is 0 Å². The van der Waals surface area contributed by atoms with Gasteiger partial charge >= 0.3 is 0 Å². The topological polar surface area (TPSA) is 34.0 Å². The summed E-state index contributed by atoms with van der Waals surface area (Å²) in [6, 6.07) is 17.4. The molecule has 112 valence electrons. The van der Waals surface area contributed by atoms with Gasteiger partial charge in [-0.25, -0.2) is 0 Å². The predicted octanol–water partition coefficient (Wildman–Crippen LogP) is 4.32. The highest BCUT2D eigenvalue weighted by Gasteiger charge is 2.17. The maximum Gasteiger partial charge on any atom is 0.268 e. The summed E-state index contributed by atoms with van der Waals surface area (Å²) in [5.41, 5.74) is 2.63. The van der Waals surface area contributed by atoms with Crippen LogP contribution in [-0.4, -0.2) is 10.5 Å². The molecular formula is C18H17ClN2O. The van der Waals surface area contributed by atoms with Crippen LogP contribution in [0, 0.1) is 0 Å². The van der Waals surface area contributed by atoms with Crippen LogP contribution in [0.15, 0.2) is 54.6 Å². The molecule has 22 heavy (non-hydrogen) atoms. The van der Waals surface area contributed by atoms with Crippen LogP contribution in [0.25, 0.3) is 10.9 Å². The summed E-state index contributed by atoms with van der Waals surface area (Å²) in [4.78, 5) is 12.6. The van der Waals surface area contributed by atoms with E-state index in [4.69, 9.17) is 11.6 Å². The van der Waals surface area contributed by atoms with Gasteiger partial charge in [0.25, 0.3) is 5.91 Å². The molecule has 2 aromatic carbocycles. The average molecular weight is 313 g/mol. The zero-order chi connectivity index (χ0) is 15.7. The molecule has 0 aliphatic heterocycles. The molecule has 1 heterocycles. The van der Waals surface area contributed by atoms with Gasteiger partial charge in [0.15, 0.2) is 0 Å². The normalized spacial score (nSPS) is 12.3. The molecule has 0 aliphatic rings. The largest absolute Gasteiger partial charge is 0.344 e. The van der Waals surface area contributed by atoms with E-state index in [1.807, 2.05) is 73.1 Å². The van der Waals surface area contributed by atoms with Crippen molar-refractivity contribution in [2.45, 2.75) is 13.0 Å². The molecule has 1 atom stereocenters. The number of carbonyl (C=O) groups excluding carboxylic acids is 1. The molecular weight excluding hydrogens is 296 g/mol. The fraction of sp³-hybridized carbons (Fsp3) is 0.167. The highest BCUT2D eigenvalue weighted by atomic mass is 35.5. The lowest BCUT2D eigenvalue weighted by molar-refractivity contribution is 0.0932. The monoisotopic (exact) mass is 312 g/mol. The van der Waals surface area contributed by atoms with E-state index >= 15 is 0 Å². The summed E-state index contributed by atoms with van der Waals surface area (Å²) >= 11 is 6.20. The van der Waals surface area contributed by atoms with Gasteiger partial charge in [-0.15, -0.1) is 0 Å². The molecule has 1 amide bonds. The van der Waals surface area contributed by atoms with E-state index < -0.39 is 0 Å². The average Bonchev–Trinajstić information content (AvgIpc) is 2.87. The predicted molar refractivity (Wildman–Crippen MR) is 90.3 cm³/mol. The number of fused-ring (bicyclic) bond motifs is 1. The van der Waals surface area contributed by atoms with E-state index in [1.54, 1.807) is 0 Å². The summed E-state index contributed by atoms with van der Waals surface area (Å²) in [5.74, 6) is -0.105. The van der Waals surface area contributed by atoms with Gasteiger partial charge in [0.1, 0.15) is 5.69 Å². The molecule has 3 aromatic rings. The lowest BCUT2D eigenvalue weighted by atomic mass is 10.1. The van der Waals surface area contributed by atoms with Gasteiger partial charge < -0.3 is 9.88 Å². The third kappa shape index (κ3) is 2.60. The van der Waals surface area contributed by atoms with E-state index in [9.17, 15) is 4.79 Å². The minimum Gasteiger partial charge on any atom is -0.344 e. The molecule has 1 unspecified atom stereocenters. The summed E-state index contributed by atoms with van der Waals surface area (Å²) in [6.07, 6.45) is 0. The maximum atomic E-state index is 12.6. The number of nitrogens with one attached hydrogen (secondary N) is 1. The number of hydrogen-bond donors (Lipinski definition) is 1. The third-order valence-electron chi connectivity index (χ3n) is 3.91. The molecule has 0 bridgehead atoms. The van der Waals surface area contributed by atoms with Crippen molar-refractivity contribution in [1.82, 2.24) is 9.88 Å². The number of carbonyl (C=O) groups is 1. The first kappa shape index (κ1) is 14.7. The van der Waals surface area contributed by atoms with Gasteiger partial charge in [-0.1, -0.05) is 48.0 Å². The van der Waals surface area contributed by atoms with E-state index in [0.29, 0.717) is 10.7 Å². The highest BCUT2D eigenvalue weighted by molar-refractivity contribution is 6.35. The van der Waals surface area contributed by atoms with Crippen LogP contribution >= 0.6 is 11.6 Å². The van der Waals surface area contributed by atoms with Crippen molar-refractivity contribution in [3.05, 3.63) is 70.9 Å². The van der Waals surface area contributed by atoms with E-state index in [0.717, 1.165) is 16.5 Å². The number of rotatable bonds is 3. The Morgan fingerprint density at radius 2 is 1.86 bits per heavy atom. The Labute approximate surface area is 134 Å². The number of aryl methyl sites for hydroxylation is 1. The second-order valence-electron chi connectivity index (χ2n) is 5.37. The molecule has 0 spiro atoms. The number of halogens is 1. The molecule has 4 heteroatoms. The summed E-state index contributed by atoms with van der Waals surface area (Å²) in [6.45, 7) is 1.98. The van der Waals surface area contributed by atoms with Crippen LogP contribution in [0.2, 0.25) is 5.02 Å². The first-order valence-corrected chi connectivity index (χ1v) is 7.55. The summed E-state index contributed by atoms with van der Waals surface area (Å²) in [7, 11) is 1.88. The van der Waals surface area contributed by atoms with Crippen molar-refractivity contribution in [2.24, 2.45) is 7.05 Å².